The van der Waals surface area contributed by atoms with Crippen molar-refractivity contribution in [2.45, 2.75) is 32.6 Å². The van der Waals surface area contributed by atoms with Gasteiger partial charge in [0.1, 0.15) is 5.82 Å². The first-order valence-electron chi connectivity index (χ1n) is 5.75. The fourth-order valence-corrected chi connectivity index (χ4v) is 2.26. The molecular weight excluding hydrogens is 240 g/mol. The van der Waals surface area contributed by atoms with Crippen LogP contribution in [0.25, 0.3) is 0 Å². The molecule has 0 aliphatic carbocycles. The number of rotatable bonds is 2. The van der Waals surface area contributed by atoms with Crippen molar-refractivity contribution in [2.24, 2.45) is 0 Å². The van der Waals surface area contributed by atoms with Gasteiger partial charge in [-0.1, -0.05) is 11.6 Å². The van der Waals surface area contributed by atoms with Gasteiger partial charge in [-0.25, -0.2) is 4.98 Å². The summed E-state index contributed by atoms with van der Waals surface area (Å²) in [5.74, 6) is 0.770. The first-order valence-corrected chi connectivity index (χ1v) is 6.13. The molecule has 94 valence electrons. The Hall–Kier alpha value is -0.840. The molecule has 2 heterocycles. The van der Waals surface area contributed by atoms with E-state index in [9.17, 15) is 0 Å². The zero-order valence-electron chi connectivity index (χ0n) is 10.1. The Morgan fingerprint density at radius 2 is 2.35 bits per heavy atom. The van der Waals surface area contributed by atoms with E-state index < -0.39 is 0 Å². The lowest BCUT2D eigenvalue weighted by atomic mass is 10.2. The van der Waals surface area contributed by atoms with Gasteiger partial charge in [0.2, 0.25) is 0 Å². The third-order valence-electron chi connectivity index (χ3n) is 2.94. The number of halogens is 1. The second-order valence-electron chi connectivity index (χ2n) is 4.45. The Kier molecular flexibility index (Phi) is 3.86. The van der Waals surface area contributed by atoms with Crippen molar-refractivity contribution in [1.82, 2.24) is 4.98 Å². The second kappa shape index (κ2) is 5.21. The number of morpholine rings is 1. The maximum atomic E-state index is 9.03. The minimum atomic E-state index is -0.0396. The van der Waals surface area contributed by atoms with Crippen molar-refractivity contribution in [2.75, 3.05) is 18.1 Å². The summed E-state index contributed by atoms with van der Waals surface area (Å²) in [7, 11) is 0. The number of anilines is 1. The zero-order valence-corrected chi connectivity index (χ0v) is 10.8. The molecule has 1 fully saturated rings. The van der Waals surface area contributed by atoms with E-state index in [1.54, 1.807) is 12.3 Å². The van der Waals surface area contributed by atoms with Crippen molar-refractivity contribution in [3.63, 3.8) is 0 Å². The Bertz CT molecular complexity index is 400. The Morgan fingerprint density at radius 1 is 1.59 bits per heavy atom. The molecule has 1 aliphatic rings. The van der Waals surface area contributed by atoms with Crippen molar-refractivity contribution in [3.8, 4) is 0 Å². The maximum Gasteiger partial charge on any atom is 0.147 e. The van der Waals surface area contributed by atoms with E-state index in [2.05, 4.69) is 16.8 Å². The molecule has 1 N–H and O–H groups in total. The Morgan fingerprint density at radius 3 is 3.00 bits per heavy atom. The zero-order chi connectivity index (χ0) is 12.4. The summed E-state index contributed by atoms with van der Waals surface area (Å²) in [5, 5.41) is 9.61. The van der Waals surface area contributed by atoms with E-state index in [0.29, 0.717) is 11.6 Å². The first-order chi connectivity index (χ1) is 8.11. The summed E-state index contributed by atoms with van der Waals surface area (Å²) >= 11 is 6.20. The lowest BCUT2D eigenvalue weighted by molar-refractivity contribution is 0.0340. The summed E-state index contributed by atoms with van der Waals surface area (Å²) in [4.78, 5) is 6.49. The van der Waals surface area contributed by atoms with Gasteiger partial charge in [0, 0.05) is 12.7 Å². The summed E-state index contributed by atoms with van der Waals surface area (Å²) in [6.07, 6.45) is 1.84. The van der Waals surface area contributed by atoms with Crippen LogP contribution in [0.2, 0.25) is 5.02 Å². The van der Waals surface area contributed by atoms with Crippen molar-refractivity contribution >= 4 is 17.4 Å². The molecule has 0 aromatic carbocycles. The molecule has 1 aliphatic heterocycles. The number of ether oxygens (including phenoxy) is 1. The van der Waals surface area contributed by atoms with Gasteiger partial charge in [-0.2, -0.15) is 0 Å². The second-order valence-corrected chi connectivity index (χ2v) is 4.86. The molecule has 0 spiro atoms. The summed E-state index contributed by atoms with van der Waals surface area (Å²) in [5.41, 5.74) is 0.729. The van der Waals surface area contributed by atoms with Gasteiger partial charge >= 0.3 is 0 Å². The van der Waals surface area contributed by atoms with Gasteiger partial charge in [-0.3, -0.25) is 0 Å². The Balaban J connectivity index is 2.26. The van der Waals surface area contributed by atoms with Crippen LogP contribution in [0.4, 0.5) is 5.82 Å². The first kappa shape index (κ1) is 12.6. The Labute approximate surface area is 106 Å². The molecule has 1 aromatic rings. The van der Waals surface area contributed by atoms with E-state index in [4.69, 9.17) is 21.4 Å². The molecule has 2 rings (SSSR count). The predicted octanol–water partition coefficient (Wildman–Crippen LogP) is 1.84. The molecule has 1 aromatic heterocycles. The van der Waals surface area contributed by atoms with E-state index in [1.807, 2.05) is 6.92 Å². The highest BCUT2D eigenvalue weighted by Crippen LogP contribution is 2.28. The predicted molar refractivity (Wildman–Crippen MR) is 67.4 cm³/mol. The molecule has 17 heavy (non-hydrogen) atoms. The molecule has 5 heteroatoms. The van der Waals surface area contributed by atoms with E-state index in [1.165, 1.54) is 0 Å². The van der Waals surface area contributed by atoms with Crippen LogP contribution in [0.1, 0.15) is 19.4 Å². The molecule has 0 amide bonds. The number of nitrogens with zero attached hydrogens (tertiary/aromatic N) is 2. The molecule has 1 saturated heterocycles. The average molecular weight is 257 g/mol. The lowest BCUT2D eigenvalue weighted by Gasteiger charge is -2.38. The van der Waals surface area contributed by atoms with Gasteiger partial charge in [0.25, 0.3) is 0 Å². The number of aliphatic hydroxyl groups is 1. The van der Waals surface area contributed by atoms with Gasteiger partial charge < -0.3 is 14.7 Å². The number of hydrogen-bond acceptors (Lipinski definition) is 4. The number of hydrogen-bond donors (Lipinski definition) is 1. The summed E-state index contributed by atoms with van der Waals surface area (Å²) in [6, 6.07) is 2.02. The smallest absolute Gasteiger partial charge is 0.147 e. The fraction of sp³-hybridized carbons (Fsp3) is 0.583. The largest absolute Gasteiger partial charge is 0.392 e. The molecular formula is C12H17ClN2O2. The average Bonchev–Trinajstić information content (AvgIpc) is 2.32. The van der Waals surface area contributed by atoms with Gasteiger partial charge in [-0.15, -0.1) is 0 Å². The fourth-order valence-electron chi connectivity index (χ4n) is 1.97. The van der Waals surface area contributed by atoms with E-state index >= 15 is 0 Å². The summed E-state index contributed by atoms with van der Waals surface area (Å²) < 4.78 is 5.57. The maximum absolute atomic E-state index is 9.03. The highest BCUT2D eigenvalue weighted by Gasteiger charge is 2.26. The van der Waals surface area contributed by atoms with Gasteiger partial charge in [0.15, 0.2) is 0 Å². The van der Waals surface area contributed by atoms with Crippen LogP contribution in [0.5, 0.6) is 0 Å². The van der Waals surface area contributed by atoms with Crippen LogP contribution in [-0.4, -0.2) is 35.4 Å². The van der Waals surface area contributed by atoms with Crippen molar-refractivity contribution in [3.05, 3.63) is 22.8 Å². The standard InChI is InChI=1S/C12H17ClN2O2/c1-8-7-17-9(2)5-15(8)12-11(13)3-10(6-16)4-14-12/h3-4,8-9,16H,5-7H2,1-2H3. The molecule has 2 atom stereocenters. The lowest BCUT2D eigenvalue weighted by Crippen LogP contribution is -2.47. The number of aliphatic hydroxyl groups excluding tert-OH is 1. The summed E-state index contributed by atoms with van der Waals surface area (Å²) in [6.45, 7) is 5.55. The van der Waals surface area contributed by atoms with Crippen LogP contribution in [-0.2, 0) is 11.3 Å². The topological polar surface area (TPSA) is 45.6 Å². The van der Waals surface area contributed by atoms with Gasteiger partial charge in [-0.05, 0) is 25.5 Å². The highest BCUT2D eigenvalue weighted by molar-refractivity contribution is 6.33. The van der Waals surface area contributed by atoms with Crippen LogP contribution in [0, 0.1) is 0 Å². The monoisotopic (exact) mass is 256 g/mol. The van der Waals surface area contributed by atoms with Crippen LogP contribution in [0.3, 0.4) is 0 Å². The highest BCUT2D eigenvalue weighted by atomic mass is 35.5. The SMILES string of the molecule is CC1CN(c2ncc(CO)cc2Cl)C(C)CO1. The van der Waals surface area contributed by atoms with Crippen LogP contribution < -0.4 is 4.90 Å². The quantitative estimate of drug-likeness (QED) is 0.877. The minimum Gasteiger partial charge on any atom is -0.392 e. The number of pyridine rings is 1. The molecule has 0 saturated carbocycles. The molecule has 4 nitrogen and oxygen atoms in total. The van der Waals surface area contributed by atoms with E-state index in [0.717, 1.165) is 17.9 Å². The third kappa shape index (κ3) is 2.70. The normalized spacial score (nSPS) is 25.1. The van der Waals surface area contributed by atoms with Crippen LogP contribution >= 0.6 is 11.6 Å². The minimum absolute atomic E-state index is 0.0396. The molecule has 2 unspecified atom stereocenters. The van der Waals surface area contributed by atoms with Gasteiger partial charge in [0.05, 0.1) is 30.4 Å². The molecule has 0 radical (unpaired) electrons. The van der Waals surface area contributed by atoms with Crippen molar-refractivity contribution in [1.29, 1.82) is 0 Å². The number of aromatic nitrogens is 1. The van der Waals surface area contributed by atoms with E-state index in [-0.39, 0.29) is 18.8 Å². The third-order valence-corrected chi connectivity index (χ3v) is 3.22. The molecule has 0 bridgehead atoms. The van der Waals surface area contributed by atoms with Crippen LogP contribution in [0.15, 0.2) is 12.3 Å². The van der Waals surface area contributed by atoms with Crippen molar-refractivity contribution < 1.29 is 9.84 Å².